The Hall–Kier alpha value is -1.42. The number of nitrogens with zero attached hydrogens (tertiary/aromatic N) is 2. The van der Waals surface area contributed by atoms with E-state index >= 15 is 0 Å². The van der Waals surface area contributed by atoms with Crippen LogP contribution < -0.4 is 4.74 Å². The number of hydrogen-bond acceptors (Lipinski definition) is 4. The molecule has 1 aromatic heterocycles. The Balaban J connectivity index is 1.74. The lowest BCUT2D eigenvalue weighted by atomic mass is 9.95. The Morgan fingerprint density at radius 2 is 2.19 bits per heavy atom. The van der Waals surface area contributed by atoms with Gasteiger partial charge in [0.2, 0.25) is 0 Å². The average molecular weight is 288 g/mol. The first kappa shape index (κ1) is 14.5. The van der Waals surface area contributed by atoms with Gasteiger partial charge in [0.1, 0.15) is 11.5 Å². The van der Waals surface area contributed by atoms with E-state index in [1.165, 1.54) is 6.42 Å². The fourth-order valence-corrected chi connectivity index (χ4v) is 3.86. The minimum atomic E-state index is 0.263. The van der Waals surface area contributed by atoms with Gasteiger partial charge in [-0.3, -0.25) is 14.7 Å². The molecule has 1 aliphatic carbocycles. The Labute approximate surface area is 126 Å². The molecular formula is C17H24N2O2. The smallest absolute Gasteiger partial charge is 0.137 e. The summed E-state index contributed by atoms with van der Waals surface area (Å²) in [5.41, 5.74) is 2.03. The van der Waals surface area contributed by atoms with Crippen LogP contribution in [0.25, 0.3) is 0 Å². The molecule has 4 heteroatoms. The zero-order valence-electron chi connectivity index (χ0n) is 13.0. The highest BCUT2D eigenvalue weighted by molar-refractivity contribution is 5.83. The van der Waals surface area contributed by atoms with Crippen LogP contribution in [0.3, 0.4) is 0 Å². The number of aromatic nitrogens is 1. The molecule has 114 valence electrons. The van der Waals surface area contributed by atoms with Gasteiger partial charge in [0.25, 0.3) is 0 Å². The highest BCUT2D eigenvalue weighted by atomic mass is 16.5. The number of ether oxygens (including phenoxy) is 1. The van der Waals surface area contributed by atoms with Gasteiger partial charge < -0.3 is 4.74 Å². The first-order valence-corrected chi connectivity index (χ1v) is 7.95. The van der Waals surface area contributed by atoms with E-state index in [9.17, 15) is 4.79 Å². The van der Waals surface area contributed by atoms with E-state index in [4.69, 9.17) is 4.74 Å². The lowest BCUT2D eigenvalue weighted by Crippen LogP contribution is -2.37. The molecule has 2 atom stereocenters. The third-order valence-corrected chi connectivity index (χ3v) is 4.81. The highest BCUT2D eigenvalue weighted by Crippen LogP contribution is 2.34. The number of carbonyl (C=O) groups excluding carboxylic acids is 1. The van der Waals surface area contributed by atoms with Crippen LogP contribution in [-0.2, 0) is 11.3 Å². The van der Waals surface area contributed by atoms with Gasteiger partial charge in [0.15, 0.2) is 0 Å². The van der Waals surface area contributed by atoms with Crippen LogP contribution in [0, 0.1) is 12.8 Å². The molecule has 0 aromatic carbocycles. The van der Waals surface area contributed by atoms with Crippen LogP contribution in [0.2, 0.25) is 0 Å². The molecule has 1 saturated carbocycles. The predicted molar refractivity (Wildman–Crippen MR) is 81.3 cm³/mol. The van der Waals surface area contributed by atoms with E-state index in [0.717, 1.165) is 55.9 Å². The van der Waals surface area contributed by atoms with Gasteiger partial charge in [0, 0.05) is 42.8 Å². The number of likely N-dealkylation sites (tertiary alicyclic amines) is 1. The average Bonchev–Trinajstić information content (AvgIpc) is 3.06. The molecule has 3 rings (SSSR count). The second kappa shape index (κ2) is 6.14. The number of rotatable bonds is 4. The van der Waals surface area contributed by atoms with E-state index < -0.39 is 0 Å². The first-order chi connectivity index (χ1) is 10.2. The second-order valence-electron chi connectivity index (χ2n) is 6.28. The summed E-state index contributed by atoms with van der Waals surface area (Å²) < 4.78 is 5.33. The first-order valence-electron chi connectivity index (χ1n) is 7.95. The van der Waals surface area contributed by atoms with Gasteiger partial charge in [-0.1, -0.05) is 0 Å². The van der Waals surface area contributed by atoms with E-state index in [-0.39, 0.29) is 5.92 Å². The summed E-state index contributed by atoms with van der Waals surface area (Å²) in [4.78, 5) is 19.1. The molecule has 0 bridgehead atoms. The quantitative estimate of drug-likeness (QED) is 0.854. The van der Waals surface area contributed by atoms with Crippen LogP contribution in [0.15, 0.2) is 12.1 Å². The highest BCUT2D eigenvalue weighted by Gasteiger charge is 2.38. The number of aryl methyl sites for hydroxylation is 1. The third-order valence-electron chi connectivity index (χ3n) is 4.81. The molecular weight excluding hydrogens is 264 g/mol. The SMILES string of the molecule is COc1cc(C)nc(CN2CCCC2C2CCCC2=O)c1. The van der Waals surface area contributed by atoms with Crippen LogP contribution >= 0.6 is 0 Å². The van der Waals surface area contributed by atoms with Gasteiger partial charge in [-0.15, -0.1) is 0 Å². The summed E-state index contributed by atoms with van der Waals surface area (Å²) >= 11 is 0. The van der Waals surface area contributed by atoms with Crippen molar-refractivity contribution in [2.24, 2.45) is 5.92 Å². The number of pyridine rings is 1. The maximum absolute atomic E-state index is 12.1. The molecule has 0 N–H and O–H groups in total. The van der Waals surface area contributed by atoms with Crippen molar-refractivity contribution in [1.29, 1.82) is 0 Å². The Morgan fingerprint density at radius 1 is 1.33 bits per heavy atom. The van der Waals surface area contributed by atoms with E-state index in [1.54, 1.807) is 7.11 Å². The molecule has 21 heavy (non-hydrogen) atoms. The standard InChI is InChI=1S/C17H24N2O2/c1-12-9-14(21-2)10-13(18-12)11-19-8-4-6-16(19)15-5-3-7-17(15)20/h9-10,15-16H,3-8,11H2,1-2H3. The van der Waals surface area contributed by atoms with E-state index in [0.29, 0.717) is 11.8 Å². The molecule has 2 unspecified atom stereocenters. The van der Waals surface area contributed by atoms with Crippen molar-refractivity contribution < 1.29 is 9.53 Å². The van der Waals surface area contributed by atoms with Crippen molar-refractivity contribution in [3.8, 4) is 5.75 Å². The summed E-state index contributed by atoms with van der Waals surface area (Å²) in [6, 6.07) is 4.39. The monoisotopic (exact) mass is 288 g/mol. The summed E-state index contributed by atoms with van der Waals surface area (Å²) in [7, 11) is 1.69. The molecule has 1 aromatic rings. The van der Waals surface area contributed by atoms with Crippen LogP contribution in [0.5, 0.6) is 5.75 Å². The molecule has 2 heterocycles. The lowest BCUT2D eigenvalue weighted by molar-refractivity contribution is -0.122. The zero-order chi connectivity index (χ0) is 14.8. The Bertz CT molecular complexity index is 530. The van der Waals surface area contributed by atoms with Crippen molar-refractivity contribution >= 4 is 5.78 Å². The summed E-state index contributed by atoms with van der Waals surface area (Å²) in [6.07, 6.45) is 5.28. The van der Waals surface area contributed by atoms with Crippen molar-refractivity contribution in [3.63, 3.8) is 0 Å². The van der Waals surface area contributed by atoms with Crippen molar-refractivity contribution in [2.45, 2.75) is 51.6 Å². The van der Waals surface area contributed by atoms with Crippen molar-refractivity contribution in [2.75, 3.05) is 13.7 Å². The Kier molecular flexibility index (Phi) is 4.24. The maximum atomic E-state index is 12.1. The molecule has 0 amide bonds. The lowest BCUT2D eigenvalue weighted by Gasteiger charge is -2.28. The largest absolute Gasteiger partial charge is 0.497 e. The number of Topliss-reactive ketones (excluding diaryl/α,β-unsaturated/α-hetero) is 1. The minimum Gasteiger partial charge on any atom is -0.497 e. The van der Waals surface area contributed by atoms with Gasteiger partial charge in [-0.2, -0.15) is 0 Å². The third kappa shape index (κ3) is 3.10. The van der Waals surface area contributed by atoms with Crippen LogP contribution in [0.4, 0.5) is 0 Å². The van der Waals surface area contributed by atoms with Crippen LogP contribution in [-0.4, -0.2) is 35.4 Å². The number of methoxy groups -OCH3 is 1. The fraction of sp³-hybridized carbons (Fsp3) is 0.647. The molecule has 4 nitrogen and oxygen atoms in total. The van der Waals surface area contributed by atoms with Gasteiger partial charge in [-0.25, -0.2) is 0 Å². The van der Waals surface area contributed by atoms with Gasteiger partial charge in [0.05, 0.1) is 12.8 Å². The fourth-order valence-electron chi connectivity index (χ4n) is 3.86. The van der Waals surface area contributed by atoms with Gasteiger partial charge >= 0.3 is 0 Å². The van der Waals surface area contributed by atoms with Gasteiger partial charge in [-0.05, 0) is 39.2 Å². The summed E-state index contributed by atoms with van der Waals surface area (Å²) in [5, 5.41) is 0. The molecule has 2 fully saturated rings. The zero-order valence-corrected chi connectivity index (χ0v) is 13.0. The number of ketones is 1. The molecule has 0 radical (unpaired) electrons. The summed E-state index contributed by atoms with van der Waals surface area (Å²) in [6.45, 7) is 3.90. The molecule has 2 aliphatic rings. The maximum Gasteiger partial charge on any atom is 0.137 e. The van der Waals surface area contributed by atoms with Crippen molar-refractivity contribution in [1.82, 2.24) is 9.88 Å². The molecule has 0 spiro atoms. The second-order valence-corrected chi connectivity index (χ2v) is 6.28. The van der Waals surface area contributed by atoms with Crippen LogP contribution in [0.1, 0.15) is 43.5 Å². The normalized spacial score (nSPS) is 26.5. The van der Waals surface area contributed by atoms with E-state index in [1.807, 2.05) is 19.1 Å². The molecule has 1 aliphatic heterocycles. The van der Waals surface area contributed by atoms with E-state index in [2.05, 4.69) is 9.88 Å². The predicted octanol–water partition coefficient (Wildman–Crippen LogP) is 2.73. The topological polar surface area (TPSA) is 42.4 Å². The summed E-state index contributed by atoms with van der Waals surface area (Å²) in [5.74, 6) is 1.60. The van der Waals surface area contributed by atoms with Crippen molar-refractivity contribution in [3.05, 3.63) is 23.5 Å². The Morgan fingerprint density at radius 3 is 2.90 bits per heavy atom. The number of hydrogen-bond donors (Lipinski definition) is 0. The number of carbonyl (C=O) groups is 1. The molecule has 1 saturated heterocycles. The minimum absolute atomic E-state index is 0.263.